The van der Waals surface area contributed by atoms with Crippen LogP contribution in [0.1, 0.15) is 86.6 Å². The Morgan fingerprint density at radius 1 is 0.923 bits per heavy atom. The fourth-order valence-electron chi connectivity index (χ4n) is 9.00. The first kappa shape index (κ1) is 28.2. The maximum Gasteiger partial charge on any atom is 0.222 e. The molecule has 0 radical (unpaired) electrons. The normalized spacial score (nSPS) is 33.3. The summed E-state index contributed by atoms with van der Waals surface area (Å²) in [6, 6.07) is 0. The molecule has 0 spiro atoms. The zero-order valence-electron chi connectivity index (χ0n) is 25.0. The molecule has 4 aliphatic rings. The second-order valence-electron chi connectivity index (χ2n) is 13.0. The van der Waals surface area contributed by atoms with Gasteiger partial charge in [0.25, 0.3) is 0 Å². The lowest BCUT2D eigenvalue weighted by molar-refractivity contribution is -0.108. The first-order valence-corrected chi connectivity index (χ1v) is 16.0. The van der Waals surface area contributed by atoms with Gasteiger partial charge >= 0.3 is 0 Å². The molecule has 0 heterocycles. The van der Waals surface area contributed by atoms with Gasteiger partial charge in [-0.05, 0) is 147 Å². The molecule has 0 aromatic heterocycles. The largest absolute Gasteiger partial charge is 0.501 e. The van der Waals surface area contributed by atoms with Crippen LogP contribution in [0, 0.1) is 63.2 Å². The van der Waals surface area contributed by atoms with Crippen LogP contribution in [0.5, 0.6) is 0 Å². The molecule has 0 aliphatic heterocycles. The molecule has 0 saturated heterocycles. The maximum absolute atomic E-state index is 14.5. The number of hydrogen-bond donors (Lipinski definition) is 1. The Labute approximate surface area is 235 Å². The quantitative estimate of drug-likeness (QED) is 0.398. The molecule has 2 saturated carbocycles. The molecule has 5 nitrogen and oxygen atoms in total. The van der Waals surface area contributed by atoms with Crippen LogP contribution < -0.4 is 5.32 Å². The number of ether oxygens (including phenoxy) is 1. The Morgan fingerprint density at radius 3 is 2.15 bits per heavy atom. The maximum atomic E-state index is 14.5. The van der Waals surface area contributed by atoms with Crippen LogP contribution in [0.15, 0.2) is 39.0 Å². The molecule has 0 bridgehead atoms. The number of carbonyl (C=O) groups excluding carboxylic acids is 1. The minimum atomic E-state index is -3.92. The van der Waals surface area contributed by atoms with Crippen molar-refractivity contribution in [2.45, 2.75) is 98.3 Å². The van der Waals surface area contributed by atoms with Crippen molar-refractivity contribution in [2.24, 2.45) is 28.6 Å². The van der Waals surface area contributed by atoms with Crippen molar-refractivity contribution in [3.05, 3.63) is 61.9 Å². The minimum Gasteiger partial charge on any atom is -0.501 e. The van der Waals surface area contributed by atoms with Gasteiger partial charge in [-0.3, -0.25) is 4.79 Å². The third-order valence-electron chi connectivity index (χ3n) is 11.7. The van der Waals surface area contributed by atoms with Gasteiger partial charge in [-0.25, -0.2) is 8.42 Å². The second-order valence-corrected chi connectivity index (χ2v) is 14.8. The predicted molar refractivity (Wildman–Crippen MR) is 156 cm³/mol. The fraction of sp³-hybridized carbons (Fsp3) is 0.606. The third kappa shape index (κ3) is 3.99. The van der Waals surface area contributed by atoms with Gasteiger partial charge in [-0.2, -0.15) is 0 Å². The van der Waals surface area contributed by atoms with E-state index < -0.39 is 9.84 Å². The van der Waals surface area contributed by atoms with Crippen LogP contribution in [-0.2, 0) is 19.4 Å². The van der Waals surface area contributed by atoms with Crippen molar-refractivity contribution in [1.82, 2.24) is 5.32 Å². The van der Waals surface area contributed by atoms with Gasteiger partial charge < -0.3 is 10.1 Å². The van der Waals surface area contributed by atoms with E-state index in [-0.39, 0.29) is 15.9 Å². The summed E-state index contributed by atoms with van der Waals surface area (Å²) < 4.78 is 34.5. The Morgan fingerprint density at radius 2 is 1.54 bits per heavy atom. The molecule has 39 heavy (non-hydrogen) atoms. The van der Waals surface area contributed by atoms with E-state index in [1.807, 2.05) is 34.6 Å². The number of amides is 1. The van der Waals surface area contributed by atoms with Gasteiger partial charge in [0.1, 0.15) is 5.03 Å². The SMILES string of the molecule is COC1=CC2=CC[C@@H]3[C@H](CC[C@]4(C)/C(=C(/NC=O)S(=O)(=O)c5c(C)c(C)c(C)c(C)c5C)CC[C@@H]34)[C@@]2(C)CC1. The van der Waals surface area contributed by atoms with Gasteiger partial charge in [-0.15, -0.1) is 0 Å². The molecule has 2 fully saturated rings. The molecule has 5 rings (SSSR count). The lowest BCUT2D eigenvalue weighted by atomic mass is 9.48. The highest BCUT2D eigenvalue weighted by Gasteiger charge is 2.58. The van der Waals surface area contributed by atoms with Crippen LogP contribution in [0.2, 0.25) is 0 Å². The van der Waals surface area contributed by atoms with Crippen molar-refractivity contribution in [3.63, 3.8) is 0 Å². The van der Waals surface area contributed by atoms with Gasteiger partial charge in [0.15, 0.2) is 0 Å². The monoisotopic (exact) mass is 551 g/mol. The fourth-order valence-corrected chi connectivity index (χ4v) is 11.2. The number of benzene rings is 1. The van der Waals surface area contributed by atoms with Crippen LogP contribution >= 0.6 is 0 Å². The summed E-state index contributed by atoms with van der Waals surface area (Å²) in [5.41, 5.74) is 6.93. The summed E-state index contributed by atoms with van der Waals surface area (Å²) in [5.74, 6) is 2.57. The zero-order valence-corrected chi connectivity index (χ0v) is 25.8. The first-order chi connectivity index (χ1) is 18.3. The van der Waals surface area contributed by atoms with Crippen molar-refractivity contribution in [3.8, 4) is 0 Å². The van der Waals surface area contributed by atoms with E-state index >= 15 is 0 Å². The summed E-state index contributed by atoms with van der Waals surface area (Å²) in [4.78, 5) is 12.3. The molecule has 6 heteroatoms. The molecule has 4 aliphatic carbocycles. The number of sulfone groups is 1. The summed E-state index contributed by atoms with van der Waals surface area (Å²) in [5, 5.41) is 2.88. The summed E-state index contributed by atoms with van der Waals surface area (Å²) >= 11 is 0. The summed E-state index contributed by atoms with van der Waals surface area (Å²) in [6.07, 6.45) is 12.0. The molecular formula is C33H45NO4S. The van der Waals surface area contributed by atoms with Crippen molar-refractivity contribution >= 4 is 16.2 Å². The predicted octanol–water partition coefficient (Wildman–Crippen LogP) is 7.06. The highest BCUT2D eigenvalue weighted by Crippen LogP contribution is 2.66. The third-order valence-corrected chi connectivity index (χ3v) is 13.8. The molecule has 5 atom stereocenters. The van der Waals surface area contributed by atoms with E-state index in [0.29, 0.717) is 35.5 Å². The lowest BCUT2D eigenvalue weighted by Crippen LogP contribution is -2.48. The highest BCUT2D eigenvalue weighted by atomic mass is 32.2. The van der Waals surface area contributed by atoms with E-state index in [1.165, 1.54) is 5.57 Å². The van der Waals surface area contributed by atoms with Crippen molar-refractivity contribution < 1.29 is 17.9 Å². The minimum absolute atomic E-state index is 0.137. The molecule has 1 amide bonds. The second kappa shape index (κ2) is 9.64. The molecule has 1 aromatic rings. The van der Waals surface area contributed by atoms with Crippen molar-refractivity contribution in [2.75, 3.05) is 7.11 Å². The molecule has 1 N–H and O–H groups in total. The van der Waals surface area contributed by atoms with Gasteiger partial charge in [-0.1, -0.05) is 19.9 Å². The van der Waals surface area contributed by atoms with Gasteiger partial charge in [0.05, 0.1) is 17.8 Å². The summed E-state index contributed by atoms with van der Waals surface area (Å²) in [7, 11) is -2.16. The number of allylic oxidation sites excluding steroid dienone is 5. The first-order valence-electron chi connectivity index (χ1n) is 14.5. The number of rotatable bonds is 5. The Balaban J connectivity index is 1.60. The molecule has 1 aromatic carbocycles. The lowest BCUT2D eigenvalue weighted by Gasteiger charge is -2.56. The number of carbonyl (C=O) groups is 1. The smallest absolute Gasteiger partial charge is 0.222 e. The topological polar surface area (TPSA) is 72.5 Å². The Bertz CT molecular complexity index is 1400. The Hall–Kier alpha value is -2.34. The van der Waals surface area contributed by atoms with Crippen LogP contribution in [0.25, 0.3) is 0 Å². The van der Waals surface area contributed by atoms with Crippen LogP contribution in [0.4, 0.5) is 0 Å². The number of fused-ring (bicyclic) bond motifs is 5. The Kier molecular flexibility index (Phi) is 6.97. The van der Waals surface area contributed by atoms with Crippen molar-refractivity contribution in [1.29, 1.82) is 0 Å². The highest BCUT2D eigenvalue weighted by molar-refractivity contribution is 7.95. The zero-order chi connectivity index (χ0) is 28.5. The van der Waals surface area contributed by atoms with Gasteiger partial charge in [0.2, 0.25) is 16.2 Å². The van der Waals surface area contributed by atoms with E-state index in [0.717, 1.165) is 77.7 Å². The standard InChI is InChI=1S/C33H45NO4S/c1-19-20(2)22(4)30(23(5)21(19)3)39(36,37)31(34-18-35)29-12-11-27-26-10-9-24-17-25(38-8)13-15-32(24,6)28(26)14-16-33(27,29)7/h9,17-18,26-28H,10-16H2,1-8H3,(H,34,35)/b31-29-/t26-,27-,28-,32-,33-/m0/s1. The number of hydrogen-bond acceptors (Lipinski definition) is 4. The van der Waals surface area contributed by atoms with Crippen LogP contribution in [-0.4, -0.2) is 21.9 Å². The van der Waals surface area contributed by atoms with Crippen LogP contribution in [0.3, 0.4) is 0 Å². The average molecular weight is 552 g/mol. The summed E-state index contributed by atoms with van der Waals surface area (Å²) in [6.45, 7) is 14.5. The molecule has 0 unspecified atom stereocenters. The van der Waals surface area contributed by atoms with E-state index in [9.17, 15) is 13.2 Å². The van der Waals surface area contributed by atoms with E-state index in [4.69, 9.17) is 4.74 Å². The number of nitrogens with one attached hydrogen (secondary N) is 1. The average Bonchev–Trinajstić information content (AvgIpc) is 3.25. The molecule has 212 valence electrons. The molecular weight excluding hydrogens is 506 g/mol. The van der Waals surface area contributed by atoms with Gasteiger partial charge in [0, 0.05) is 6.42 Å². The van der Waals surface area contributed by atoms with E-state index in [2.05, 4.69) is 31.3 Å². The number of methoxy groups -OCH3 is 1. The van der Waals surface area contributed by atoms with E-state index in [1.54, 1.807) is 7.11 Å².